The fourth-order valence-corrected chi connectivity index (χ4v) is 2.97. The lowest BCUT2D eigenvalue weighted by molar-refractivity contribution is 0.231. The van der Waals surface area contributed by atoms with Crippen LogP contribution < -0.4 is 5.32 Å². The number of piperazine rings is 1. The fraction of sp³-hybridized carbons (Fsp3) is 0.643. The molecule has 0 saturated carbocycles. The topological polar surface area (TPSA) is 28.2 Å². The van der Waals surface area contributed by atoms with Gasteiger partial charge in [0.15, 0.2) is 0 Å². The summed E-state index contributed by atoms with van der Waals surface area (Å²) in [6.45, 7) is 11.9. The first kappa shape index (κ1) is 13.8. The Hall–Kier alpha value is -0.640. The molecule has 1 aromatic rings. The van der Waals surface area contributed by atoms with Crippen LogP contribution in [0.5, 0.6) is 0 Å². The van der Waals surface area contributed by atoms with E-state index in [0.29, 0.717) is 5.15 Å². The maximum atomic E-state index is 6.29. The van der Waals surface area contributed by atoms with Gasteiger partial charge in [0.05, 0.1) is 0 Å². The molecule has 2 heterocycles. The number of aromatic nitrogens is 1. The average molecular weight is 268 g/mol. The van der Waals surface area contributed by atoms with Crippen molar-refractivity contribution in [1.29, 1.82) is 0 Å². The molecule has 1 aliphatic heterocycles. The molecule has 2 rings (SSSR count). The highest BCUT2D eigenvalue weighted by atomic mass is 35.5. The Kier molecular flexibility index (Phi) is 4.25. The second kappa shape index (κ2) is 5.55. The van der Waals surface area contributed by atoms with Crippen LogP contribution in [0.25, 0.3) is 0 Å². The zero-order valence-corrected chi connectivity index (χ0v) is 12.2. The molecule has 1 aliphatic rings. The van der Waals surface area contributed by atoms with E-state index in [1.165, 1.54) is 11.1 Å². The van der Waals surface area contributed by atoms with Crippen molar-refractivity contribution in [3.05, 3.63) is 28.5 Å². The predicted molar refractivity (Wildman–Crippen MR) is 76.1 cm³/mol. The normalized spacial score (nSPS) is 18.0. The van der Waals surface area contributed by atoms with Crippen LogP contribution >= 0.6 is 11.6 Å². The van der Waals surface area contributed by atoms with Gasteiger partial charge in [-0.05, 0) is 22.6 Å². The third-order valence-electron chi connectivity index (χ3n) is 3.34. The van der Waals surface area contributed by atoms with Crippen molar-refractivity contribution >= 4 is 11.6 Å². The van der Waals surface area contributed by atoms with Crippen molar-refractivity contribution in [3.8, 4) is 0 Å². The van der Waals surface area contributed by atoms with Crippen LogP contribution in [0.2, 0.25) is 5.15 Å². The minimum absolute atomic E-state index is 0.0364. The Balaban J connectivity index is 2.24. The van der Waals surface area contributed by atoms with E-state index in [-0.39, 0.29) is 5.41 Å². The van der Waals surface area contributed by atoms with Crippen molar-refractivity contribution in [3.63, 3.8) is 0 Å². The van der Waals surface area contributed by atoms with E-state index in [9.17, 15) is 0 Å². The number of nitrogens with one attached hydrogen (secondary N) is 1. The Morgan fingerprint density at radius 1 is 1.33 bits per heavy atom. The molecule has 4 heteroatoms. The summed E-state index contributed by atoms with van der Waals surface area (Å²) < 4.78 is 0. The first-order valence-corrected chi connectivity index (χ1v) is 6.93. The van der Waals surface area contributed by atoms with E-state index in [4.69, 9.17) is 11.6 Å². The zero-order valence-electron chi connectivity index (χ0n) is 11.5. The second-order valence-corrected chi connectivity index (χ2v) is 6.27. The lowest BCUT2D eigenvalue weighted by Gasteiger charge is -2.30. The quantitative estimate of drug-likeness (QED) is 0.835. The van der Waals surface area contributed by atoms with Crippen molar-refractivity contribution in [2.75, 3.05) is 26.2 Å². The van der Waals surface area contributed by atoms with Gasteiger partial charge in [-0.25, -0.2) is 4.98 Å². The van der Waals surface area contributed by atoms with Gasteiger partial charge >= 0.3 is 0 Å². The van der Waals surface area contributed by atoms with E-state index < -0.39 is 0 Å². The number of nitrogens with zero attached hydrogens (tertiary/aromatic N) is 2. The molecule has 0 unspecified atom stereocenters. The third kappa shape index (κ3) is 3.22. The molecule has 1 N–H and O–H groups in total. The summed E-state index contributed by atoms with van der Waals surface area (Å²) in [4.78, 5) is 6.70. The Bertz CT molecular complexity index is 406. The molecule has 1 fully saturated rings. The minimum atomic E-state index is 0.0364. The Morgan fingerprint density at radius 3 is 2.61 bits per heavy atom. The molecule has 0 aromatic carbocycles. The van der Waals surface area contributed by atoms with Crippen LogP contribution in [0.3, 0.4) is 0 Å². The summed E-state index contributed by atoms with van der Waals surface area (Å²) in [7, 11) is 0. The Labute approximate surface area is 115 Å². The molecule has 0 aliphatic carbocycles. The van der Waals surface area contributed by atoms with Gasteiger partial charge in [-0.15, -0.1) is 0 Å². The fourth-order valence-electron chi connectivity index (χ4n) is 2.51. The molecule has 0 amide bonds. The van der Waals surface area contributed by atoms with Gasteiger partial charge in [0.1, 0.15) is 5.15 Å². The lowest BCUT2D eigenvalue weighted by Crippen LogP contribution is -2.43. The van der Waals surface area contributed by atoms with Gasteiger partial charge in [0.2, 0.25) is 0 Å². The molecular weight excluding hydrogens is 246 g/mol. The number of pyridine rings is 1. The summed E-state index contributed by atoms with van der Waals surface area (Å²) in [6.07, 6.45) is 1.81. The van der Waals surface area contributed by atoms with Crippen molar-refractivity contribution < 1.29 is 0 Å². The van der Waals surface area contributed by atoms with Crippen molar-refractivity contribution in [2.45, 2.75) is 32.7 Å². The standard InChI is InChI=1S/C14H22ClN3/c1-14(2,3)12-11(4-5-17-13(12)15)10-18-8-6-16-7-9-18/h4-5,16H,6-10H2,1-3H3. The number of halogens is 1. The van der Waals surface area contributed by atoms with Gasteiger partial charge in [0, 0.05) is 38.9 Å². The van der Waals surface area contributed by atoms with Crippen LogP contribution in [0.15, 0.2) is 12.3 Å². The number of rotatable bonds is 2. The van der Waals surface area contributed by atoms with Crippen LogP contribution in [0.4, 0.5) is 0 Å². The second-order valence-electron chi connectivity index (χ2n) is 5.91. The molecule has 0 atom stereocenters. The smallest absolute Gasteiger partial charge is 0.133 e. The SMILES string of the molecule is CC(C)(C)c1c(CN2CCNCC2)ccnc1Cl. The van der Waals surface area contributed by atoms with Crippen molar-refractivity contribution in [1.82, 2.24) is 15.2 Å². The highest BCUT2D eigenvalue weighted by molar-refractivity contribution is 6.30. The van der Waals surface area contributed by atoms with E-state index in [0.717, 1.165) is 32.7 Å². The number of hydrogen-bond acceptors (Lipinski definition) is 3. The summed E-state index contributed by atoms with van der Waals surface area (Å²) in [5.74, 6) is 0. The highest BCUT2D eigenvalue weighted by Crippen LogP contribution is 2.31. The molecular formula is C14H22ClN3. The zero-order chi connectivity index (χ0) is 13.2. The van der Waals surface area contributed by atoms with Gasteiger partial charge in [-0.3, -0.25) is 4.90 Å². The van der Waals surface area contributed by atoms with Gasteiger partial charge in [0.25, 0.3) is 0 Å². The third-order valence-corrected chi connectivity index (χ3v) is 3.63. The predicted octanol–water partition coefficient (Wildman–Crippen LogP) is 2.44. The number of hydrogen-bond donors (Lipinski definition) is 1. The van der Waals surface area contributed by atoms with Crippen LogP contribution in [-0.4, -0.2) is 36.1 Å². The monoisotopic (exact) mass is 267 g/mol. The first-order valence-electron chi connectivity index (χ1n) is 6.55. The summed E-state index contributed by atoms with van der Waals surface area (Å²) in [6, 6.07) is 2.11. The molecule has 1 saturated heterocycles. The summed E-state index contributed by atoms with van der Waals surface area (Å²) in [5, 5.41) is 4.02. The van der Waals surface area contributed by atoms with Crippen LogP contribution in [0, 0.1) is 0 Å². The molecule has 0 spiro atoms. The summed E-state index contributed by atoms with van der Waals surface area (Å²) >= 11 is 6.29. The average Bonchev–Trinajstić information content (AvgIpc) is 2.28. The van der Waals surface area contributed by atoms with E-state index in [1.54, 1.807) is 0 Å². The highest BCUT2D eigenvalue weighted by Gasteiger charge is 2.23. The maximum Gasteiger partial charge on any atom is 0.133 e. The van der Waals surface area contributed by atoms with Gasteiger partial charge < -0.3 is 5.32 Å². The minimum Gasteiger partial charge on any atom is -0.314 e. The molecule has 0 radical (unpaired) electrons. The van der Waals surface area contributed by atoms with Gasteiger partial charge in [-0.2, -0.15) is 0 Å². The van der Waals surface area contributed by atoms with E-state index >= 15 is 0 Å². The van der Waals surface area contributed by atoms with Crippen molar-refractivity contribution in [2.24, 2.45) is 0 Å². The Morgan fingerprint density at radius 2 is 2.00 bits per heavy atom. The first-order chi connectivity index (χ1) is 8.48. The van der Waals surface area contributed by atoms with E-state index in [1.807, 2.05) is 6.20 Å². The molecule has 3 nitrogen and oxygen atoms in total. The molecule has 100 valence electrons. The van der Waals surface area contributed by atoms with Crippen LogP contribution in [0.1, 0.15) is 31.9 Å². The van der Waals surface area contributed by atoms with Crippen LogP contribution in [-0.2, 0) is 12.0 Å². The molecule has 18 heavy (non-hydrogen) atoms. The summed E-state index contributed by atoms with van der Waals surface area (Å²) in [5.41, 5.74) is 2.53. The van der Waals surface area contributed by atoms with E-state index in [2.05, 4.69) is 42.0 Å². The molecule has 1 aromatic heterocycles. The largest absolute Gasteiger partial charge is 0.314 e. The van der Waals surface area contributed by atoms with Gasteiger partial charge in [-0.1, -0.05) is 32.4 Å². The maximum absolute atomic E-state index is 6.29. The lowest BCUT2D eigenvalue weighted by atomic mass is 9.85. The molecule has 0 bridgehead atoms.